The van der Waals surface area contributed by atoms with Crippen LogP contribution in [0.4, 0.5) is 0 Å². The Morgan fingerprint density at radius 2 is 1.91 bits per heavy atom. The van der Waals surface area contributed by atoms with Crippen LogP contribution in [-0.2, 0) is 9.47 Å². The molecule has 0 atom stereocenters. The van der Waals surface area contributed by atoms with E-state index in [9.17, 15) is 0 Å². The first kappa shape index (κ1) is 7.56. The van der Waals surface area contributed by atoms with E-state index >= 15 is 0 Å². The van der Waals surface area contributed by atoms with Gasteiger partial charge in [-0.05, 0) is 19.8 Å². The first-order valence-electron chi connectivity index (χ1n) is 4.46. The van der Waals surface area contributed by atoms with E-state index in [0.717, 1.165) is 18.9 Å². The van der Waals surface area contributed by atoms with Gasteiger partial charge >= 0.3 is 0 Å². The van der Waals surface area contributed by atoms with Crippen LogP contribution in [0.2, 0.25) is 0 Å². The molecule has 2 heteroatoms. The van der Waals surface area contributed by atoms with E-state index in [4.69, 9.17) is 9.47 Å². The minimum Gasteiger partial charge on any atom is -0.347 e. The van der Waals surface area contributed by atoms with Gasteiger partial charge in [0.15, 0.2) is 5.79 Å². The zero-order chi connectivity index (χ0) is 7.73. The van der Waals surface area contributed by atoms with Crippen LogP contribution >= 0.6 is 0 Å². The number of ether oxygens (including phenoxy) is 2. The summed E-state index contributed by atoms with van der Waals surface area (Å²) < 4.78 is 11.3. The zero-order valence-corrected chi connectivity index (χ0v) is 7.06. The Bertz CT molecular complexity index is 133. The molecule has 2 nitrogen and oxygen atoms in total. The van der Waals surface area contributed by atoms with Gasteiger partial charge in [-0.1, -0.05) is 6.42 Å². The number of hydrogen-bond acceptors (Lipinski definition) is 2. The highest BCUT2D eigenvalue weighted by Gasteiger charge is 2.40. The van der Waals surface area contributed by atoms with Gasteiger partial charge in [-0.3, -0.25) is 0 Å². The van der Waals surface area contributed by atoms with Crippen molar-refractivity contribution in [3.8, 4) is 0 Å². The third-order valence-corrected chi connectivity index (χ3v) is 2.51. The minimum absolute atomic E-state index is 0.192. The van der Waals surface area contributed by atoms with Crippen molar-refractivity contribution in [3.05, 3.63) is 6.10 Å². The third kappa shape index (κ3) is 1.42. The van der Waals surface area contributed by atoms with Gasteiger partial charge in [-0.25, -0.2) is 0 Å². The van der Waals surface area contributed by atoms with Crippen molar-refractivity contribution in [2.45, 2.75) is 44.8 Å². The van der Waals surface area contributed by atoms with Crippen LogP contribution in [0.5, 0.6) is 0 Å². The van der Waals surface area contributed by atoms with E-state index in [-0.39, 0.29) is 5.79 Å². The highest BCUT2D eigenvalue weighted by Crippen LogP contribution is 2.39. The van der Waals surface area contributed by atoms with Crippen LogP contribution in [-0.4, -0.2) is 12.4 Å². The average Bonchev–Trinajstić information content (AvgIpc) is 2.34. The van der Waals surface area contributed by atoms with Gasteiger partial charge in [0.25, 0.3) is 0 Å². The van der Waals surface area contributed by atoms with Crippen molar-refractivity contribution in [1.29, 1.82) is 0 Å². The molecule has 1 saturated carbocycles. The van der Waals surface area contributed by atoms with Gasteiger partial charge in [0, 0.05) is 12.8 Å². The van der Waals surface area contributed by atoms with Gasteiger partial charge in [-0.15, -0.1) is 0 Å². The zero-order valence-electron chi connectivity index (χ0n) is 7.06. The van der Waals surface area contributed by atoms with Crippen molar-refractivity contribution >= 4 is 0 Å². The van der Waals surface area contributed by atoms with Crippen molar-refractivity contribution in [3.63, 3.8) is 0 Å². The summed E-state index contributed by atoms with van der Waals surface area (Å²) in [6, 6.07) is 0. The first-order valence-corrected chi connectivity index (χ1v) is 4.46. The molecule has 0 N–H and O–H groups in total. The van der Waals surface area contributed by atoms with Crippen LogP contribution in [0.25, 0.3) is 0 Å². The molecule has 1 radical (unpaired) electrons. The van der Waals surface area contributed by atoms with Crippen molar-refractivity contribution < 1.29 is 9.47 Å². The molecule has 0 aromatic carbocycles. The SMILES string of the molecule is C[C]1COC2(CCCCC2)O1. The molecule has 63 valence electrons. The molecule has 1 aliphatic carbocycles. The maximum absolute atomic E-state index is 5.68. The quantitative estimate of drug-likeness (QED) is 0.534. The topological polar surface area (TPSA) is 18.5 Å². The molecule has 11 heavy (non-hydrogen) atoms. The smallest absolute Gasteiger partial charge is 0.169 e. The van der Waals surface area contributed by atoms with E-state index in [1.54, 1.807) is 0 Å². The molecular formula is C9H15O2. The maximum atomic E-state index is 5.68. The molecule has 0 aromatic heterocycles. The lowest BCUT2D eigenvalue weighted by molar-refractivity contribution is -0.174. The summed E-state index contributed by atoms with van der Waals surface area (Å²) in [6.45, 7) is 2.71. The van der Waals surface area contributed by atoms with Crippen molar-refractivity contribution in [2.24, 2.45) is 0 Å². The largest absolute Gasteiger partial charge is 0.347 e. The molecule has 2 aliphatic rings. The summed E-state index contributed by atoms with van der Waals surface area (Å²) in [5.41, 5.74) is 0. The van der Waals surface area contributed by atoms with E-state index in [1.807, 2.05) is 6.92 Å². The van der Waals surface area contributed by atoms with Gasteiger partial charge in [0.1, 0.15) is 6.10 Å². The average molecular weight is 155 g/mol. The van der Waals surface area contributed by atoms with Gasteiger partial charge in [-0.2, -0.15) is 0 Å². The Kier molecular flexibility index (Phi) is 1.90. The fourth-order valence-electron chi connectivity index (χ4n) is 1.95. The number of rotatable bonds is 0. The molecule has 0 amide bonds. The fourth-order valence-corrected chi connectivity index (χ4v) is 1.95. The molecule has 1 spiro atoms. The Labute approximate surface area is 67.9 Å². The first-order chi connectivity index (χ1) is 5.31. The van der Waals surface area contributed by atoms with E-state index in [1.165, 1.54) is 19.3 Å². The fraction of sp³-hybridized carbons (Fsp3) is 0.889. The predicted octanol–water partition coefficient (Wildman–Crippen LogP) is 2.25. The van der Waals surface area contributed by atoms with Crippen LogP contribution in [0, 0.1) is 6.10 Å². The molecule has 1 heterocycles. The summed E-state index contributed by atoms with van der Waals surface area (Å²) in [7, 11) is 0. The molecule has 0 bridgehead atoms. The maximum Gasteiger partial charge on any atom is 0.169 e. The van der Waals surface area contributed by atoms with Crippen LogP contribution in [0.1, 0.15) is 39.0 Å². The summed E-state index contributed by atoms with van der Waals surface area (Å²) in [5, 5.41) is 0. The Balaban J connectivity index is 1.98. The lowest BCUT2D eigenvalue weighted by Crippen LogP contribution is -2.32. The summed E-state index contributed by atoms with van der Waals surface area (Å²) in [4.78, 5) is 0. The second-order valence-corrected chi connectivity index (χ2v) is 3.56. The monoisotopic (exact) mass is 155 g/mol. The lowest BCUT2D eigenvalue weighted by atomic mass is 9.94. The summed E-state index contributed by atoms with van der Waals surface area (Å²) in [6.07, 6.45) is 7.08. The second kappa shape index (κ2) is 2.76. The molecule has 2 fully saturated rings. The summed E-state index contributed by atoms with van der Waals surface area (Å²) >= 11 is 0. The highest BCUT2D eigenvalue weighted by atomic mass is 16.7. The van der Waals surface area contributed by atoms with Gasteiger partial charge in [0.2, 0.25) is 0 Å². The second-order valence-electron chi connectivity index (χ2n) is 3.56. The highest BCUT2D eigenvalue weighted by molar-refractivity contribution is 4.88. The number of hydrogen-bond donors (Lipinski definition) is 0. The van der Waals surface area contributed by atoms with Crippen LogP contribution in [0.3, 0.4) is 0 Å². The van der Waals surface area contributed by atoms with Crippen LogP contribution < -0.4 is 0 Å². The Morgan fingerprint density at radius 3 is 2.45 bits per heavy atom. The van der Waals surface area contributed by atoms with E-state index < -0.39 is 0 Å². The minimum atomic E-state index is -0.192. The molecule has 0 unspecified atom stereocenters. The molecule has 0 aromatic rings. The molecular weight excluding hydrogens is 140 g/mol. The van der Waals surface area contributed by atoms with Gasteiger partial charge < -0.3 is 9.47 Å². The lowest BCUT2D eigenvalue weighted by Gasteiger charge is -2.31. The van der Waals surface area contributed by atoms with Gasteiger partial charge in [0.05, 0.1) is 6.61 Å². The Hall–Kier alpha value is -0.0800. The van der Waals surface area contributed by atoms with E-state index in [2.05, 4.69) is 0 Å². The predicted molar refractivity (Wildman–Crippen MR) is 41.8 cm³/mol. The molecule has 1 aliphatic heterocycles. The normalized spacial score (nSPS) is 31.4. The molecule has 2 rings (SSSR count). The van der Waals surface area contributed by atoms with Crippen molar-refractivity contribution in [2.75, 3.05) is 6.61 Å². The summed E-state index contributed by atoms with van der Waals surface area (Å²) in [5.74, 6) is -0.192. The molecule has 1 saturated heterocycles. The Morgan fingerprint density at radius 1 is 1.18 bits per heavy atom. The van der Waals surface area contributed by atoms with Crippen LogP contribution in [0.15, 0.2) is 0 Å². The third-order valence-electron chi connectivity index (χ3n) is 2.51. The standard InChI is InChI=1S/C9H15O2/c1-8-7-10-9(11-8)5-3-2-4-6-9/h2-7H2,1H3. The van der Waals surface area contributed by atoms with E-state index in [0.29, 0.717) is 6.61 Å². The van der Waals surface area contributed by atoms with Crippen molar-refractivity contribution in [1.82, 2.24) is 0 Å².